The first-order chi connectivity index (χ1) is 15.1. The van der Waals surface area contributed by atoms with Crippen molar-refractivity contribution in [3.8, 4) is 11.5 Å². The van der Waals surface area contributed by atoms with Crippen LogP contribution in [0.5, 0.6) is 11.5 Å². The fourth-order valence-electron chi connectivity index (χ4n) is 4.35. The number of aromatic amines is 1. The van der Waals surface area contributed by atoms with Gasteiger partial charge < -0.3 is 24.9 Å². The molecule has 3 N–H and O–H groups in total. The summed E-state index contributed by atoms with van der Waals surface area (Å²) in [5, 5.41) is 14.4. The van der Waals surface area contributed by atoms with Crippen LogP contribution in [0.15, 0.2) is 61.1 Å². The standard InChI is InChI=1S/C23H24N4O4/c28-21-13-27(12-18-11-24-14-25-18)9-8-23(21,17-4-2-1-3-5-17)26-22(29)16-6-7-19-20(10-16)31-15-30-19/h1-7,10-11,14,21,28H,8-9,12-13,15H2,(H,24,25)(H,26,29)/t21-,23-/m1/s1. The van der Waals surface area contributed by atoms with Crippen molar-refractivity contribution in [3.63, 3.8) is 0 Å². The van der Waals surface area contributed by atoms with Crippen LogP contribution in [0.3, 0.4) is 0 Å². The van der Waals surface area contributed by atoms with Gasteiger partial charge in [0.05, 0.1) is 18.0 Å². The molecule has 3 aromatic rings. The summed E-state index contributed by atoms with van der Waals surface area (Å²) in [6, 6.07) is 14.8. The van der Waals surface area contributed by atoms with Gasteiger partial charge in [-0.05, 0) is 30.2 Å². The van der Waals surface area contributed by atoms with Crippen LogP contribution in [0.25, 0.3) is 0 Å². The molecule has 2 aliphatic rings. The van der Waals surface area contributed by atoms with Crippen molar-refractivity contribution < 1.29 is 19.4 Å². The number of amides is 1. The number of aliphatic hydroxyl groups excluding tert-OH is 1. The molecule has 2 aliphatic heterocycles. The van der Waals surface area contributed by atoms with Gasteiger partial charge in [-0.2, -0.15) is 0 Å². The zero-order valence-corrected chi connectivity index (χ0v) is 17.0. The molecule has 1 saturated heterocycles. The fraction of sp³-hybridized carbons (Fsp3) is 0.304. The second-order valence-corrected chi connectivity index (χ2v) is 7.94. The number of hydrogen-bond donors (Lipinski definition) is 3. The van der Waals surface area contributed by atoms with Crippen LogP contribution >= 0.6 is 0 Å². The van der Waals surface area contributed by atoms with Crippen molar-refractivity contribution in [2.24, 2.45) is 0 Å². The number of fused-ring (bicyclic) bond motifs is 1. The highest BCUT2D eigenvalue weighted by Gasteiger charge is 2.45. The maximum absolute atomic E-state index is 13.2. The van der Waals surface area contributed by atoms with Crippen LogP contribution in [-0.2, 0) is 12.1 Å². The summed E-state index contributed by atoms with van der Waals surface area (Å²) in [6.07, 6.45) is 3.22. The lowest BCUT2D eigenvalue weighted by atomic mass is 9.78. The average Bonchev–Trinajstić information content (AvgIpc) is 3.47. The van der Waals surface area contributed by atoms with Crippen LogP contribution in [0, 0.1) is 0 Å². The number of piperidine rings is 1. The predicted octanol–water partition coefficient (Wildman–Crippen LogP) is 2.03. The number of aliphatic hydroxyl groups is 1. The largest absolute Gasteiger partial charge is 0.454 e. The van der Waals surface area contributed by atoms with Crippen LogP contribution in [-0.4, -0.2) is 51.9 Å². The van der Waals surface area contributed by atoms with E-state index in [0.717, 1.165) is 11.3 Å². The fourth-order valence-corrected chi connectivity index (χ4v) is 4.35. The van der Waals surface area contributed by atoms with Gasteiger partial charge in [0.1, 0.15) is 0 Å². The summed E-state index contributed by atoms with van der Waals surface area (Å²) in [5.74, 6) is 0.918. The first kappa shape index (κ1) is 19.6. The number of likely N-dealkylation sites (tertiary alicyclic amines) is 1. The molecule has 0 radical (unpaired) electrons. The molecular formula is C23H24N4O4. The van der Waals surface area contributed by atoms with Gasteiger partial charge in [-0.3, -0.25) is 9.69 Å². The molecule has 1 amide bonds. The van der Waals surface area contributed by atoms with Gasteiger partial charge in [-0.1, -0.05) is 30.3 Å². The molecular weight excluding hydrogens is 396 g/mol. The molecule has 160 valence electrons. The maximum atomic E-state index is 13.2. The Kier molecular flexibility index (Phi) is 5.09. The number of benzene rings is 2. The van der Waals surface area contributed by atoms with Gasteiger partial charge in [0.2, 0.25) is 6.79 Å². The summed E-state index contributed by atoms with van der Waals surface area (Å²) in [5.41, 5.74) is 1.45. The van der Waals surface area contributed by atoms with E-state index in [-0.39, 0.29) is 12.7 Å². The SMILES string of the molecule is O=C(N[C@@]1(c2ccccc2)CCN(Cc2cnc[nH]2)C[C@H]1O)c1ccc2c(c1)OCO2. The highest BCUT2D eigenvalue weighted by Crippen LogP contribution is 2.36. The monoisotopic (exact) mass is 420 g/mol. The smallest absolute Gasteiger partial charge is 0.252 e. The number of β-amino-alcohol motifs (C(OH)–C–C–N with tert-alkyl or cyclic N) is 1. The molecule has 0 aliphatic carbocycles. The third-order valence-corrected chi connectivity index (χ3v) is 6.03. The number of aromatic nitrogens is 2. The highest BCUT2D eigenvalue weighted by atomic mass is 16.7. The van der Waals surface area contributed by atoms with Gasteiger partial charge in [0.15, 0.2) is 11.5 Å². The molecule has 0 saturated carbocycles. The number of hydrogen-bond acceptors (Lipinski definition) is 6. The number of carbonyl (C=O) groups is 1. The zero-order chi connectivity index (χ0) is 21.3. The van der Waals surface area contributed by atoms with Crippen LogP contribution in [0.1, 0.15) is 28.0 Å². The molecule has 1 aromatic heterocycles. The van der Waals surface area contributed by atoms with E-state index in [4.69, 9.17) is 9.47 Å². The Labute approximate surface area is 179 Å². The minimum absolute atomic E-state index is 0.152. The van der Waals surface area contributed by atoms with Gasteiger partial charge in [0, 0.05) is 37.1 Å². The van der Waals surface area contributed by atoms with Crippen molar-refractivity contribution >= 4 is 5.91 Å². The number of H-pyrrole nitrogens is 1. The van der Waals surface area contributed by atoms with E-state index in [1.807, 2.05) is 30.3 Å². The second kappa shape index (κ2) is 8.05. The van der Waals surface area contributed by atoms with Crippen molar-refractivity contribution in [3.05, 3.63) is 77.9 Å². The first-order valence-electron chi connectivity index (χ1n) is 10.3. The molecule has 0 bridgehead atoms. The van der Waals surface area contributed by atoms with Crippen molar-refractivity contribution in [1.29, 1.82) is 0 Å². The summed E-state index contributed by atoms with van der Waals surface area (Å²) in [7, 11) is 0. The zero-order valence-electron chi connectivity index (χ0n) is 17.0. The van der Waals surface area contributed by atoms with E-state index < -0.39 is 11.6 Å². The molecule has 1 fully saturated rings. The van der Waals surface area contributed by atoms with E-state index in [1.165, 1.54) is 0 Å². The van der Waals surface area contributed by atoms with E-state index in [9.17, 15) is 9.90 Å². The lowest BCUT2D eigenvalue weighted by Gasteiger charge is -2.46. The number of nitrogens with zero attached hydrogens (tertiary/aromatic N) is 2. The van der Waals surface area contributed by atoms with Crippen LogP contribution < -0.4 is 14.8 Å². The molecule has 8 heteroatoms. The second-order valence-electron chi connectivity index (χ2n) is 7.94. The van der Waals surface area contributed by atoms with Gasteiger partial charge in [-0.15, -0.1) is 0 Å². The maximum Gasteiger partial charge on any atom is 0.252 e. The van der Waals surface area contributed by atoms with E-state index in [2.05, 4.69) is 20.2 Å². The van der Waals surface area contributed by atoms with Crippen LogP contribution in [0.2, 0.25) is 0 Å². The van der Waals surface area contributed by atoms with Crippen LogP contribution in [0.4, 0.5) is 0 Å². The lowest BCUT2D eigenvalue weighted by molar-refractivity contribution is -0.0184. The number of rotatable bonds is 5. The molecule has 0 unspecified atom stereocenters. The van der Waals surface area contributed by atoms with Crippen molar-refractivity contribution in [1.82, 2.24) is 20.2 Å². The van der Waals surface area contributed by atoms with Crippen molar-refractivity contribution in [2.45, 2.75) is 24.6 Å². The quantitative estimate of drug-likeness (QED) is 0.584. The van der Waals surface area contributed by atoms with Gasteiger partial charge in [-0.25, -0.2) is 4.98 Å². The normalized spacial score (nSPS) is 22.9. The summed E-state index contributed by atoms with van der Waals surface area (Å²) < 4.78 is 10.7. The third kappa shape index (κ3) is 3.75. The molecule has 2 atom stereocenters. The summed E-state index contributed by atoms with van der Waals surface area (Å²) >= 11 is 0. The summed E-state index contributed by atoms with van der Waals surface area (Å²) in [4.78, 5) is 22.5. The first-order valence-corrected chi connectivity index (χ1v) is 10.3. The van der Waals surface area contributed by atoms with Crippen molar-refractivity contribution in [2.75, 3.05) is 19.9 Å². The minimum Gasteiger partial charge on any atom is -0.454 e. The topological polar surface area (TPSA) is 99.7 Å². The van der Waals surface area contributed by atoms with E-state index in [1.54, 1.807) is 30.7 Å². The number of imidazole rings is 1. The predicted molar refractivity (Wildman–Crippen MR) is 113 cm³/mol. The Morgan fingerprint density at radius 1 is 1.23 bits per heavy atom. The van der Waals surface area contributed by atoms with E-state index in [0.29, 0.717) is 43.1 Å². The molecule has 31 heavy (non-hydrogen) atoms. The number of nitrogens with one attached hydrogen (secondary N) is 2. The Morgan fingerprint density at radius 2 is 2.06 bits per heavy atom. The Morgan fingerprint density at radius 3 is 2.84 bits per heavy atom. The molecule has 3 heterocycles. The molecule has 2 aromatic carbocycles. The van der Waals surface area contributed by atoms with Gasteiger partial charge >= 0.3 is 0 Å². The number of ether oxygens (including phenoxy) is 2. The minimum atomic E-state index is -0.890. The highest BCUT2D eigenvalue weighted by molar-refractivity contribution is 5.95. The average molecular weight is 420 g/mol. The molecule has 5 rings (SSSR count). The number of carbonyl (C=O) groups excluding carboxylic acids is 1. The third-order valence-electron chi connectivity index (χ3n) is 6.03. The Bertz CT molecular complexity index is 1060. The lowest BCUT2D eigenvalue weighted by Crippen LogP contribution is -2.61. The van der Waals surface area contributed by atoms with E-state index >= 15 is 0 Å². The Hall–Kier alpha value is -3.36. The van der Waals surface area contributed by atoms with Gasteiger partial charge in [0.25, 0.3) is 5.91 Å². The summed E-state index contributed by atoms with van der Waals surface area (Å²) in [6.45, 7) is 1.96. The molecule has 0 spiro atoms. The molecule has 8 nitrogen and oxygen atoms in total. The Balaban J connectivity index is 1.40.